The highest BCUT2D eigenvalue weighted by molar-refractivity contribution is 5.76. The number of rotatable bonds is 7. The van der Waals surface area contributed by atoms with Crippen molar-refractivity contribution < 1.29 is 15.0 Å². The third-order valence-corrected chi connectivity index (χ3v) is 5.22. The fraction of sp³-hybridized carbons (Fsp3) is 0.474. The van der Waals surface area contributed by atoms with Gasteiger partial charge in [0.2, 0.25) is 5.95 Å². The van der Waals surface area contributed by atoms with Crippen LogP contribution in [0.2, 0.25) is 0 Å². The second-order valence-electron chi connectivity index (χ2n) is 7.38. The van der Waals surface area contributed by atoms with E-state index in [1.54, 1.807) is 23.3 Å². The summed E-state index contributed by atoms with van der Waals surface area (Å²) in [5.41, 5.74) is 1.59. The SMILES string of the molecule is O=C(O)CCn1cc(Nc2ncc3ccn(C[C@H]4CC[C@H](O)CC4)c3n2)cn1. The second kappa shape index (κ2) is 7.97. The van der Waals surface area contributed by atoms with Gasteiger partial charge in [-0.3, -0.25) is 9.48 Å². The van der Waals surface area contributed by atoms with Crippen molar-refractivity contribution in [1.82, 2.24) is 24.3 Å². The number of nitrogens with zero attached hydrogens (tertiary/aromatic N) is 5. The van der Waals surface area contributed by atoms with Crippen LogP contribution < -0.4 is 5.32 Å². The third kappa shape index (κ3) is 4.30. The molecule has 0 aliphatic heterocycles. The fourth-order valence-corrected chi connectivity index (χ4v) is 3.67. The molecule has 0 atom stereocenters. The Balaban J connectivity index is 1.46. The van der Waals surface area contributed by atoms with Gasteiger partial charge in [0.05, 0.1) is 31.0 Å². The summed E-state index contributed by atoms with van der Waals surface area (Å²) in [6.45, 7) is 1.20. The molecule has 0 bridgehead atoms. The smallest absolute Gasteiger partial charge is 0.305 e. The largest absolute Gasteiger partial charge is 0.481 e. The zero-order valence-corrected chi connectivity index (χ0v) is 15.5. The number of hydrogen-bond donors (Lipinski definition) is 3. The summed E-state index contributed by atoms with van der Waals surface area (Å²) in [7, 11) is 0. The summed E-state index contributed by atoms with van der Waals surface area (Å²) < 4.78 is 3.73. The number of aliphatic hydroxyl groups is 1. The summed E-state index contributed by atoms with van der Waals surface area (Å²) in [6, 6.07) is 2.01. The van der Waals surface area contributed by atoms with Gasteiger partial charge in [0.15, 0.2) is 0 Å². The van der Waals surface area contributed by atoms with Crippen LogP contribution in [0.4, 0.5) is 11.6 Å². The van der Waals surface area contributed by atoms with Gasteiger partial charge in [-0.25, -0.2) is 4.98 Å². The molecule has 0 radical (unpaired) electrons. The number of nitrogens with one attached hydrogen (secondary N) is 1. The molecule has 148 valence electrons. The molecule has 0 spiro atoms. The molecule has 0 aromatic carbocycles. The van der Waals surface area contributed by atoms with Crippen LogP contribution in [0, 0.1) is 5.92 Å². The molecule has 0 saturated heterocycles. The summed E-state index contributed by atoms with van der Waals surface area (Å²) in [5, 5.41) is 26.7. The van der Waals surface area contributed by atoms with Crippen molar-refractivity contribution in [2.45, 2.75) is 51.3 Å². The zero-order chi connectivity index (χ0) is 19.5. The van der Waals surface area contributed by atoms with Crippen molar-refractivity contribution >= 4 is 28.6 Å². The molecule has 9 heteroatoms. The number of carbonyl (C=O) groups is 1. The number of anilines is 2. The molecule has 0 amide bonds. The second-order valence-corrected chi connectivity index (χ2v) is 7.38. The van der Waals surface area contributed by atoms with Crippen molar-refractivity contribution in [1.29, 1.82) is 0 Å². The van der Waals surface area contributed by atoms with Crippen LogP contribution in [0.25, 0.3) is 11.0 Å². The van der Waals surface area contributed by atoms with Crippen LogP contribution in [0.15, 0.2) is 30.9 Å². The Bertz CT molecular complexity index is 958. The lowest BCUT2D eigenvalue weighted by atomic mass is 9.87. The Morgan fingerprint density at radius 1 is 1.25 bits per heavy atom. The van der Waals surface area contributed by atoms with Crippen LogP contribution in [-0.2, 0) is 17.9 Å². The van der Waals surface area contributed by atoms with Gasteiger partial charge in [0, 0.05) is 30.5 Å². The summed E-state index contributed by atoms with van der Waals surface area (Å²) in [5.74, 6) is 0.175. The highest BCUT2D eigenvalue weighted by atomic mass is 16.4. The first-order valence-electron chi connectivity index (χ1n) is 9.58. The lowest BCUT2D eigenvalue weighted by Crippen LogP contribution is -2.21. The molecular weight excluding hydrogens is 360 g/mol. The number of fused-ring (bicyclic) bond motifs is 1. The maximum Gasteiger partial charge on any atom is 0.305 e. The maximum absolute atomic E-state index is 10.7. The first kappa shape index (κ1) is 18.4. The summed E-state index contributed by atoms with van der Waals surface area (Å²) in [6.07, 6.45) is 10.9. The van der Waals surface area contributed by atoms with E-state index in [1.807, 2.05) is 12.3 Å². The molecule has 0 unspecified atom stereocenters. The van der Waals surface area contributed by atoms with Gasteiger partial charge in [-0.1, -0.05) is 0 Å². The summed E-state index contributed by atoms with van der Waals surface area (Å²) in [4.78, 5) is 19.7. The molecule has 1 saturated carbocycles. The molecular formula is C19H24N6O3. The van der Waals surface area contributed by atoms with Gasteiger partial charge in [-0.2, -0.15) is 10.1 Å². The van der Waals surface area contributed by atoms with Gasteiger partial charge in [-0.15, -0.1) is 0 Å². The Morgan fingerprint density at radius 2 is 2.07 bits per heavy atom. The predicted molar refractivity (Wildman–Crippen MR) is 103 cm³/mol. The monoisotopic (exact) mass is 384 g/mol. The van der Waals surface area contributed by atoms with E-state index in [4.69, 9.17) is 5.11 Å². The minimum absolute atomic E-state index is 0.0231. The van der Waals surface area contributed by atoms with Crippen molar-refractivity contribution in [3.05, 3.63) is 30.9 Å². The molecule has 3 N–H and O–H groups in total. The van der Waals surface area contributed by atoms with Gasteiger partial charge in [0.25, 0.3) is 0 Å². The number of aliphatic carboxylic acids is 1. The molecule has 28 heavy (non-hydrogen) atoms. The first-order chi connectivity index (χ1) is 13.6. The molecule has 3 aromatic heterocycles. The van der Waals surface area contributed by atoms with E-state index >= 15 is 0 Å². The minimum Gasteiger partial charge on any atom is -0.481 e. The molecule has 3 aromatic rings. The number of aromatic nitrogens is 5. The van der Waals surface area contributed by atoms with Gasteiger partial charge in [0.1, 0.15) is 5.65 Å². The maximum atomic E-state index is 10.7. The van der Waals surface area contributed by atoms with Crippen LogP contribution >= 0.6 is 0 Å². The Morgan fingerprint density at radius 3 is 2.86 bits per heavy atom. The Labute approximate surface area is 162 Å². The van der Waals surface area contributed by atoms with Crippen molar-refractivity contribution in [2.75, 3.05) is 5.32 Å². The van der Waals surface area contributed by atoms with E-state index in [-0.39, 0.29) is 12.5 Å². The molecule has 9 nitrogen and oxygen atoms in total. The summed E-state index contributed by atoms with van der Waals surface area (Å²) >= 11 is 0. The topological polar surface area (TPSA) is 118 Å². The van der Waals surface area contributed by atoms with E-state index in [1.165, 1.54) is 0 Å². The van der Waals surface area contributed by atoms with Crippen LogP contribution in [-0.4, -0.2) is 46.6 Å². The normalized spacial score (nSPS) is 19.8. The van der Waals surface area contributed by atoms with E-state index < -0.39 is 5.97 Å². The quantitative estimate of drug-likeness (QED) is 0.572. The highest BCUT2D eigenvalue weighted by Gasteiger charge is 2.20. The third-order valence-electron chi connectivity index (χ3n) is 5.22. The minimum atomic E-state index is -0.855. The fourth-order valence-electron chi connectivity index (χ4n) is 3.67. The molecule has 1 fully saturated rings. The van der Waals surface area contributed by atoms with E-state index in [0.717, 1.165) is 43.3 Å². The number of aryl methyl sites for hydroxylation is 1. The lowest BCUT2D eigenvalue weighted by molar-refractivity contribution is -0.137. The van der Waals surface area contributed by atoms with Crippen LogP contribution in [0.5, 0.6) is 0 Å². The number of carboxylic acid groups (broad SMARTS) is 1. The van der Waals surface area contributed by atoms with Crippen molar-refractivity contribution in [3.63, 3.8) is 0 Å². The Hall–Kier alpha value is -2.94. The van der Waals surface area contributed by atoms with E-state index in [0.29, 0.717) is 24.1 Å². The number of hydrogen-bond acceptors (Lipinski definition) is 6. The molecule has 3 heterocycles. The highest BCUT2D eigenvalue weighted by Crippen LogP contribution is 2.27. The number of carboxylic acids is 1. The van der Waals surface area contributed by atoms with Crippen LogP contribution in [0.3, 0.4) is 0 Å². The van der Waals surface area contributed by atoms with Gasteiger partial charge in [-0.05, 0) is 37.7 Å². The van der Waals surface area contributed by atoms with E-state index in [9.17, 15) is 9.90 Å². The average Bonchev–Trinajstić information content (AvgIpc) is 3.29. The first-order valence-corrected chi connectivity index (χ1v) is 9.58. The lowest BCUT2D eigenvalue weighted by Gasteiger charge is -2.25. The van der Waals surface area contributed by atoms with Gasteiger partial charge < -0.3 is 20.1 Å². The number of aliphatic hydroxyl groups excluding tert-OH is 1. The molecule has 1 aliphatic carbocycles. The van der Waals surface area contributed by atoms with Crippen molar-refractivity contribution in [3.8, 4) is 0 Å². The van der Waals surface area contributed by atoms with Crippen LogP contribution in [0.1, 0.15) is 32.1 Å². The molecule has 1 aliphatic rings. The Kier molecular flexibility index (Phi) is 5.25. The predicted octanol–water partition coefficient (Wildman–Crippen LogP) is 2.40. The standard InChI is InChI=1S/C19H24N6O3/c26-16-3-1-13(2-4-16)11-24-7-5-14-9-20-19(23-18(14)24)22-15-10-21-25(12-15)8-6-17(27)28/h5,7,9-10,12-13,16,26H,1-4,6,8,11H2,(H,27,28)(H,20,22,23)/t13-,16-. The van der Waals surface area contributed by atoms with Crippen molar-refractivity contribution in [2.24, 2.45) is 5.92 Å². The zero-order valence-electron chi connectivity index (χ0n) is 15.5. The van der Waals surface area contributed by atoms with Gasteiger partial charge >= 0.3 is 5.97 Å². The average molecular weight is 384 g/mol. The molecule has 4 rings (SSSR count). The van der Waals surface area contributed by atoms with E-state index in [2.05, 4.69) is 25.0 Å².